The molecule has 2 fully saturated rings. The van der Waals surface area contributed by atoms with Crippen molar-refractivity contribution >= 4 is 17.8 Å². The first-order valence-electron chi connectivity index (χ1n) is 12.8. The van der Waals surface area contributed by atoms with Crippen LogP contribution in [0, 0.1) is 5.82 Å². The number of halogens is 1. The van der Waals surface area contributed by atoms with E-state index in [9.17, 15) is 23.9 Å². The topological polar surface area (TPSA) is 108 Å². The Morgan fingerprint density at radius 1 is 1.05 bits per heavy atom. The first kappa shape index (κ1) is 26.8. The lowest BCUT2D eigenvalue weighted by atomic mass is 10.0. The molecule has 2 aliphatic rings. The Hall–Kier alpha value is -3.30. The number of esters is 1. The largest absolute Gasteiger partial charge is 0.465 e. The van der Waals surface area contributed by atoms with Gasteiger partial charge in [-0.2, -0.15) is 0 Å². The number of carbonyl (C=O) groups is 3. The van der Waals surface area contributed by atoms with E-state index in [1.165, 1.54) is 43.5 Å². The number of nitrogens with one attached hydrogen (secondary N) is 2. The number of methoxy groups -OCH3 is 1. The minimum Gasteiger partial charge on any atom is -0.465 e. The lowest BCUT2D eigenvalue weighted by molar-refractivity contribution is -0.135. The molecule has 3 N–H and O–H groups in total. The van der Waals surface area contributed by atoms with Gasteiger partial charge in [0.2, 0.25) is 5.91 Å². The predicted molar refractivity (Wildman–Crippen MR) is 136 cm³/mol. The van der Waals surface area contributed by atoms with E-state index < -0.39 is 24.0 Å². The van der Waals surface area contributed by atoms with Crippen molar-refractivity contribution in [3.8, 4) is 0 Å². The number of benzene rings is 2. The molecule has 1 aliphatic carbocycles. The summed E-state index contributed by atoms with van der Waals surface area (Å²) in [6.07, 6.45) is 2.78. The van der Waals surface area contributed by atoms with Gasteiger partial charge in [-0.1, -0.05) is 12.1 Å². The van der Waals surface area contributed by atoms with Crippen molar-refractivity contribution in [2.45, 2.75) is 56.2 Å². The maximum Gasteiger partial charge on any atom is 0.337 e. The SMILES string of the molecule is COC(=O)c1ccc(C(=O)NC(CCCN[C@@H]2C[C@H]2c2ccc(F)cc2)C(=O)N2CCC(O)CC2)cc1. The number of rotatable bonds is 10. The molecule has 1 unspecified atom stereocenters. The monoisotopic (exact) mass is 511 g/mol. The summed E-state index contributed by atoms with van der Waals surface area (Å²) in [5.41, 5.74) is 1.80. The highest BCUT2D eigenvalue weighted by Crippen LogP contribution is 2.40. The molecule has 0 bridgehead atoms. The zero-order valence-electron chi connectivity index (χ0n) is 21.0. The van der Waals surface area contributed by atoms with Gasteiger partial charge in [0.25, 0.3) is 5.91 Å². The summed E-state index contributed by atoms with van der Waals surface area (Å²) in [7, 11) is 1.29. The number of ether oxygens (including phenoxy) is 1. The number of hydrogen-bond donors (Lipinski definition) is 3. The van der Waals surface area contributed by atoms with Gasteiger partial charge in [-0.15, -0.1) is 0 Å². The lowest BCUT2D eigenvalue weighted by Gasteiger charge is -2.32. The first-order valence-corrected chi connectivity index (χ1v) is 12.8. The molecular weight excluding hydrogens is 477 g/mol. The molecule has 0 aromatic heterocycles. The van der Waals surface area contributed by atoms with Crippen LogP contribution in [0.2, 0.25) is 0 Å². The van der Waals surface area contributed by atoms with Gasteiger partial charge in [0.15, 0.2) is 0 Å². The molecule has 4 rings (SSSR count). The van der Waals surface area contributed by atoms with E-state index in [0.717, 1.165) is 12.0 Å². The zero-order chi connectivity index (χ0) is 26.4. The minimum atomic E-state index is -0.697. The van der Waals surface area contributed by atoms with Crippen molar-refractivity contribution in [3.63, 3.8) is 0 Å². The molecule has 1 saturated carbocycles. The maximum absolute atomic E-state index is 13.3. The Kier molecular flexibility index (Phi) is 8.89. The summed E-state index contributed by atoms with van der Waals surface area (Å²) in [5.74, 6) is -0.905. The van der Waals surface area contributed by atoms with Crippen LogP contribution in [0.5, 0.6) is 0 Å². The normalized spacial score (nSPS) is 20.2. The molecule has 1 heterocycles. The van der Waals surface area contributed by atoms with Gasteiger partial charge in [0, 0.05) is 30.6 Å². The molecule has 37 heavy (non-hydrogen) atoms. The Balaban J connectivity index is 1.32. The highest BCUT2D eigenvalue weighted by atomic mass is 19.1. The number of amides is 2. The Morgan fingerprint density at radius 3 is 2.35 bits per heavy atom. The number of aliphatic hydroxyl groups excluding tert-OH is 1. The quantitative estimate of drug-likeness (QED) is 0.334. The van der Waals surface area contributed by atoms with Crippen LogP contribution < -0.4 is 10.6 Å². The van der Waals surface area contributed by atoms with Crippen molar-refractivity contribution in [2.24, 2.45) is 0 Å². The second kappa shape index (κ2) is 12.3. The second-order valence-corrected chi connectivity index (χ2v) is 9.75. The third-order valence-corrected chi connectivity index (χ3v) is 7.11. The van der Waals surface area contributed by atoms with Gasteiger partial charge in [-0.25, -0.2) is 9.18 Å². The number of carbonyl (C=O) groups excluding carboxylic acids is 3. The molecular formula is C28H34FN3O5. The van der Waals surface area contributed by atoms with Crippen LogP contribution in [0.4, 0.5) is 4.39 Å². The van der Waals surface area contributed by atoms with Crippen LogP contribution in [-0.4, -0.2) is 72.7 Å². The molecule has 1 aliphatic heterocycles. The van der Waals surface area contributed by atoms with Crippen LogP contribution in [-0.2, 0) is 9.53 Å². The minimum absolute atomic E-state index is 0.151. The third kappa shape index (κ3) is 7.14. The van der Waals surface area contributed by atoms with Crippen molar-refractivity contribution in [3.05, 3.63) is 71.0 Å². The molecule has 0 radical (unpaired) electrons. The van der Waals surface area contributed by atoms with Gasteiger partial charge in [-0.05, 0) is 80.6 Å². The van der Waals surface area contributed by atoms with E-state index in [1.54, 1.807) is 4.90 Å². The molecule has 2 aromatic carbocycles. The number of nitrogens with zero attached hydrogens (tertiary/aromatic N) is 1. The molecule has 2 aromatic rings. The highest BCUT2D eigenvalue weighted by Gasteiger charge is 2.37. The van der Waals surface area contributed by atoms with Crippen LogP contribution in [0.3, 0.4) is 0 Å². The van der Waals surface area contributed by atoms with Crippen molar-refractivity contribution in [1.29, 1.82) is 0 Å². The summed E-state index contributed by atoms with van der Waals surface area (Å²) in [5, 5.41) is 16.2. The lowest BCUT2D eigenvalue weighted by Crippen LogP contribution is -2.51. The van der Waals surface area contributed by atoms with Gasteiger partial charge < -0.3 is 25.4 Å². The summed E-state index contributed by atoms with van der Waals surface area (Å²) in [4.78, 5) is 39.6. The average Bonchev–Trinajstić information content (AvgIpc) is 3.70. The molecule has 198 valence electrons. The molecule has 3 atom stereocenters. The van der Waals surface area contributed by atoms with Crippen molar-refractivity contribution in [2.75, 3.05) is 26.7 Å². The van der Waals surface area contributed by atoms with E-state index in [1.807, 2.05) is 12.1 Å². The van der Waals surface area contributed by atoms with Crippen LogP contribution in [0.1, 0.15) is 64.3 Å². The fourth-order valence-corrected chi connectivity index (χ4v) is 4.77. The van der Waals surface area contributed by atoms with Crippen molar-refractivity contribution < 1.29 is 28.6 Å². The van der Waals surface area contributed by atoms with E-state index in [4.69, 9.17) is 4.74 Å². The molecule has 1 saturated heterocycles. The van der Waals surface area contributed by atoms with E-state index >= 15 is 0 Å². The average molecular weight is 512 g/mol. The molecule has 8 nitrogen and oxygen atoms in total. The number of piperidine rings is 1. The van der Waals surface area contributed by atoms with Crippen LogP contribution in [0.25, 0.3) is 0 Å². The fourth-order valence-electron chi connectivity index (χ4n) is 4.77. The smallest absolute Gasteiger partial charge is 0.337 e. The number of hydrogen-bond acceptors (Lipinski definition) is 6. The summed E-state index contributed by atoms with van der Waals surface area (Å²) in [6.45, 7) is 1.61. The van der Waals surface area contributed by atoms with Crippen molar-refractivity contribution in [1.82, 2.24) is 15.5 Å². The predicted octanol–water partition coefficient (Wildman–Crippen LogP) is 2.62. The standard InChI is InChI=1S/C28H34FN3O5/c1-37-28(36)20-6-4-19(5-7-20)26(34)31-24(27(35)32-15-12-22(33)13-16-32)3-2-14-30-25-17-23(25)18-8-10-21(29)11-9-18/h4-11,22-25,30,33H,2-3,12-17H2,1H3,(H,31,34)/t23-,24?,25+/m0/s1. The Bertz CT molecular complexity index is 1080. The van der Waals surface area contributed by atoms with E-state index in [0.29, 0.717) is 68.4 Å². The maximum atomic E-state index is 13.3. The molecule has 2 amide bonds. The van der Waals surface area contributed by atoms with E-state index in [-0.39, 0.29) is 11.7 Å². The zero-order valence-corrected chi connectivity index (χ0v) is 21.0. The second-order valence-electron chi connectivity index (χ2n) is 9.75. The number of aliphatic hydroxyl groups is 1. The van der Waals surface area contributed by atoms with Gasteiger partial charge in [0.1, 0.15) is 11.9 Å². The third-order valence-electron chi connectivity index (χ3n) is 7.11. The molecule has 0 spiro atoms. The van der Waals surface area contributed by atoms with Crippen LogP contribution >= 0.6 is 0 Å². The molecule has 9 heteroatoms. The van der Waals surface area contributed by atoms with Gasteiger partial charge in [0.05, 0.1) is 18.8 Å². The summed E-state index contributed by atoms with van der Waals surface area (Å²) < 4.78 is 17.9. The fraction of sp³-hybridized carbons (Fsp3) is 0.464. The van der Waals surface area contributed by atoms with Gasteiger partial charge >= 0.3 is 5.97 Å². The highest BCUT2D eigenvalue weighted by molar-refractivity contribution is 5.98. The Labute approximate surface area is 216 Å². The number of likely N-dealkylation sites (tertiary alicyclic amines) is 1. The first-order chi connectivity index (χ1) is 17.9. The summed E-state index contributed by atoms with van der Waals surface area (Å²) in [6, 6.07) is 12.3. The Morgan fingerprint density at radius 2 is 1.70 bits per heavy atom. The van der Waals surface area contributed by atoms with E-state index in [2.05, 4.69) is 10.6 Å². The summed E-state index contributed by atoms with van der Waals surface area (Å²) >= 11 is 0. The van der Waals surface area contributed by atoms with Crippen LogP contribution in [0.15, 0.2) is 48.5 Å². The van der Waals surface area contributed by atoms with Gasteiger partial charge in [-0.3, -0.25) is 9.59 Å².